The van der Waals surface area contributed by atoms with E-state index in [1.807, 2.05) is 6.92 Å². The van der Waals surface area contributed by atoms with Crippen LogP contribution in [0.5, 0.6) is 0 Å². The molecule has 7 heteroatoms. The lowest BCUT2D eigenvalue weighted by molar-refractivity contribution is 0.0941. The Morgan fingerprint density at radius 2 is 1.58 bits per heavy atom. The standard InChI is InChI=1S/C19H27N5O2/c1-4-6-9-20-17(25)15-13-14(3)16(18(26)21-10-7-5-2)24(15)19-22-11-8-12-23-19/h8,11-13H,4-7,9-10H2,1-3H3,(H,20,25)(H,21,26). The Kier molecular flexibility index (Phi) is 7.32. The van der Waals surface area contributed by atoms with Gasteiger partial charge >= 0.3 is 0 Å². The van der Waals surface area contributed by atoms with Gasteiger partial charge in [-0.1, -0.05) is 26.7 Å². The van der Waals surface area contributed by atoms with Crippen molar-refractivity contribution in [3.63, 3.8) is 0 Å². The Balaban J connectivity index is 2.41. The van der Waals surface area contributed by atoms with Crippen LogP contribution < -0.4 is 10.6 Å². The summed E-state index contributed by atoms with van der Waals surface area (Å²) in [6, 6.07) is 3.41. The summed E-state index contributed by atoms with van der Waals surface area (Å²) in [4.78, 5) is 33.8. The molecular weight excluding hydrogens is 330 g/mol. The summed E-state index contributed by atoms with van der Waals surface area (Å²) in [7, 11) is 0. The number of hydrogen-bond acceptors (Lipinski definition) is 4. The van der Waals surface area contributed by atoms with Crippen molar-refractivity contribution in [1.29, 1.82) is 0 Å². The van der Waals surface area contributed by atoms with E-state index >= 15 is 0 Å². The van der Waals surface area contributed by atoms with E-state index in [1.54, 1.807) is 24.5 Å². The second-order valence-corrected chi connectivity index (χ2v) is 6.16. The van der Waals surface area contributed by atoms with Crippen molar-refractivity contribution in [2.45, 2.75) is 46.5 Å². The topological polar surface area (TPSA) is 88.9 Å². The molecular formula is C19H27N5O2. The molecule has 0 radical (unpaired) electrons. The number of nitrogens with zero attached hydrogens (tertiary/aromatic N) is 3. The third kappa shape index (κ3) is 4.68. The summed E-state index contributed by atoms with van der Waals surface area (Å²) in [6.45, 7) is 7.13. The zero-order chi connectivity index (χ0) is 18.9. The zero-order valence-corrected chi connectivity index (χ0v) is 15.7. The van der Waals surface area contributed by atoms with Gasteiger partial charge in [0, 0.05) is 25.5 Å². The number of rotatable bonds is 9. The Morgan fingerprint density at radius 1 is 1.00 bits per heavy atom. The molecule has 2 amide bonds. The lowest BCUT2D eigenvalue weighted by Crippen LogP contribution is -2.30. The molecule has 0 aliphatic carbocycles. The first kappa shape index (κ1) is 19.6. The van der Waals surface area contributed by atoms with E-state index in [9.17, 15) is 9.59 Å². The van der Waals surface area contributed by atoms with E-state index in [0.717, 1.165) is 25.7 Å². The van der Waals surface area contributed by atoms with Gasteiger partial charge in [-0.3, -0.25) is 14.2 Å². The number of carbonyl (C=O) groups is 2. The number of hydrogen-bond donors (Lipinski definition) is 2. The highest BCUT2D eigenvalue weighted by Crippen LogP contribution is 2.19. The van der Waals surface area contributed by atoms with Gasteiger partial charge in [-0.2, -0.15) is 0 Å². The van der Waals surface area contributed by atoms with Gasteiger partial charge in [0.15, 0.2) is 0 Å². The lowest BCUT2D eigenvalue weighted by atomic mass is 10.2. The summed E-state index contributed by atoms with van der Waals surface area (Å²) in [6.07, 6.45) is 6.97. The minimum Gasteiger partial charge on any atom is -0.351 e. The summed E-state index contributed by atoms with van der Waals surface area (Å²) in [5.74, 6) is -0.153. The van der Waals surface area contributed by atoms with Crippen LogP contribution in [0.2, 0.25) is 0 Å². The highest BCUT2D eigenvalue weighted by molar-refractivity contribution is 6.00. The van der Waals surface area contributed by atoms with Gasteiger partial charge in [0.05, 0.1) is 0 Å². The van der Waals surface area contributed by atoms with Gasteiger partial charge in [-0.05, 0) is 37.5 Å². The van der Waals surface area contributed by atoms with E-state index in [1.165, 1.54) is 4.57 Å². The van der Waals surface area contributed by atoms with Crippen molar-refractivity contribution >= 4 is 11.8 Å². The Labute approximate surface area is 154 Å². The molecule has 0 bridgehead atoms. The molecule has 0 saturated heterocycles. The van der Waals surface area contributed by atoms with E-state index in [4.69, 9.17) is 0 Å². The number of aromatic nitrogens is 3. The Hall–Kier alpha value is -2.70. The van der Waals surface area contributed by atoms with Crippen LogP contribution in [0.3, 0.4) is 0 Å². The summed E-state index contributed by atoms with van der Waals surface area (Å²) in [5.41, 5.74) is 1.48. The molecule has 140 valence electrons. The van der Waals surface area contributed by atoms with Crippen molar-refractivity contribution in [1.82, 2.24) is 25.2 Å². The number of unbranched alkanes of at least 4 members (excludes halogenated alkanes) is 2. The highest BCUT2D eigenvalue weighted by atomic mass is 16.2. The number of nitrogens with one attached hydrogen (secondary N) is 2. The van der Waals surface area contributed by atoms with Gasteiger partial charge in [-0.15, -0.1) is 0 Å². The molecule has 7 nitrogen and oxygen atoms in total. The van der Waals surface area contributed by atoms with E-state index < -0.39 is 0 Å². The van der Waals surface area contributed by atoms with Crippen LogP contribution in [0.15, 0.2) is 24.5 Å². The van der Waals surface area contributed by atoms with Crippen LogP contribution in [0, 0.1) is 6.92 Å². The van der Waals surface area contributed by atoms with Crippen molar-refractivity contribution < 1.29 is 9.59 Å². The molecule has 0 spiro atoms. The lowest BCUT2D eigenvalue weighted by Gasteiger charge is -2.12. The predicted molar refractivity (Wildman–Crippen MR) is 101 cm³/mol. The Bertz CT molecular complexity index is 740. The average Bonchev–Trinajstić information content (AvgIpc) is 3.00. The van der Waals surface area contributed by atoms with Crippen LogP contribution in [0.4, 0.5) is 0 Å². The minimum absolute atomic E-state index is 0.226. The maximum absolute atomic E-state index is 12.7. The molecule has 2 aromatic heterocycles. The largest absolute Gasteiger partial charge is 0.351 e. The molecule has 0 aliphatic rings. The van der Waals surface area contributed by atoms with Crippen molar-refractivity contribution in [3.05, 3.63) is 41.5 Å². The third-order valence-corrected chi connectivity index (χ3v) is 4.02. The molecule has 2 rings (SSSR count). The fourth-order valence-electron chi connectivity index (χ4n) is 2.63. The Morgan fingerprint density at radius 3 is 2.15 bits per heavy atom. The molecule has 0 fully saturated rings. The first-order valence-electron chi connectivity index (χ1n) is 9.16. The molecule has 0 aromatic carbocycles. The van der Waals surface area contributed by atoms with Gasteiger partial charge in [0.1, 0.15) is 11.4 Å². The average molecular weight is 357 g/mol. The van der Waals surface area contributed by atoms with E-state index in [-0.39, 0.29) is 11.8 Å². The van der Waals surface area contributed by atoms with Gasteiger partial charge in [0.2, 0.25) is 5.95 Å². The molecule has 26 heavy (non-hydrogen) atoms. The molecule has 0 unspecified atom stereocenters. The maximum Gasteiger partial charge on any atom is 0.268 e. The van der Waals surface area contributed by atoms with Crippen molar-refractivity contribution in [2.24, 2.45) is 0 Å². The number of carbonyl (C=O) groups excluding carboxylic acids is 2. The van der Waals surface area contributed by atoms with Crippen molar-refractivity contribution in [2.75, 3.05) is 13.1 Å². The van der Waals surface area contributed by atoms with Crippen LogP contribution in [-0.4, -0.2) is 39.4 Å². The minimum atomic E-state index is -0.235. The molecule has 0 saturated carbocycles. The van der Waals surface area contributed by atoms with Crippen LogP contribution in [-0.2, 0) is 0 Å². The highest BCUT2D eigenvalue weighted by Gasteiger charge is 2.24. The quantitative estimate of drug-likeness (QED) is 0.675. The first-order chi connectivity index (χ1) is 12.6. The SMILES string of the molecule is CCCCNC(=O)c1cc(C)c(C(=O)NCCCC)n1-c1ncccn1. The zero-order valence-electron chi connectivity index (χ0n) is 15.7. The second kappa shape index (κ2) is 9.70. The molecule has 0 aliphatic heterocycles. The third-order valence-electron chi connectivity index (χ3n) is 4.02. The van der Waals surface area contributed by atoms with Gasteiger partial charge in [-0.25, -0.2) is 9.97 Å². The normalized spacial score (nSPS) is 10.6. The van der Waals surface area contributed by atoms with E-state index in [0.29, 0.717) is 36.0 Å². The van der Waals surface area contributed by atoms with Crippen molar-refractivity contribution in [3.8, 4) is 5.95 Å². The molecule has 2 aromatic rings. The van der Waals surface area contributed by atoms with E-state index in [2.05, 4.69) is 34.4 Å². The fourth-order valence-corrected chi connectivity index (χ4v) is 2.63. The molecule has 2 N–H and O–H groups in total. The maximum atomic E-state index is 12.7. The van der Waals surface area contributed by atoms with Crippen LogP contribution in [0.25, 0.3) is 5.95 Å². The molecule has 0 atom stereocenters. The first-order valence-corrected chi connectivity index (χ1v) is 9.16. The van der Waals surface area contributed by atoms with Crippen LogP contribution >= 0.6 is 0 Å². The fraction of sp³-hybridized carbons (Fsp3) is 0.474. The summed E-state index contributed by atoms with van der Waals surface area (Å²) >= 11 is 0. The number of aryl methyl sites for hydroxylation is 1. The monoisotopic (exact) mass is 357 g/mol. The summed E-state index contributed by atoms with van der Waals surface area (Å²) < 4.78 is 1.54. The smallest absolute Gasteiger partial charge is 0.268 e. The molecule has 2 heterocycles. The summed E-state index contributed by atoms with van der Waals surface area (Å²) in [5, 5.41) is 5.80. The number of amides is 2. The van der Waals surface area contributed by atoms with Gasteiger partial charge in [0.25, 0.3) is 11.8 Å². The van der Waals surface area contributed by atoms with Gasteiger partial charge < -0.3 is 10.6 Å². The second-order valence-electron chi connectivity index (χ2n) is 6.16. The van der Waals surface area contributed by atoms with Crippen LogP contribution in [0.1, 0.15) is 66.1 Å². The predicted octanol–water partition coefficient (Wildman–Crippen LogP) is 2.64.